The minimum atomic E-state index is -3.82. The van der Waals surface area contributed by atoms with Gasteiger partial charge < -0.3 is 4.90 Å². The van der Waals surface area contributed by atoms with Crippen LogP contribution in [0.25, 0.3) is 0 Å². The average Bonchev–Trinajstić information content (AvgIpc) is 3.37. The minimum absolute atomic E-state index is 0.0257. The number of carbonyl (C=O) groups excluding carboxylic acids is 1. The molecule has 0 radical (unpaired) electrons. The highest BCUT2D eigenvalue weighted by atomic mass is 35.5. The molecule has 0 aliphatic heterocycles. The highest BCUT2D eigenvalue weighted by Crippen LogP contribution is 2.31. The van der Waals surface area contributed by atoms with E-state index in [4.69, 9.17) is 34.8 Å². The van der Waals surface area contributed by atoms with Crippen molar-refractivity contribution in [3.63, 3.8) is 0 Å². The monoisotopic (exact) mass is 446 g/mol. The first-order valence-corrected chi connectivity index (χ1v) is 10.8. The van der Waals surface area contributed by atoms with Crippen molar-refractivity contribution in [2.75, 3.05) is 7.05 Å². The van der Waals surface area contributed by atoms with E-state index in [0.717, 1.165) is 18.4 Å². The van der Waals surface area contributed by atoms with Gasteiger partial charge in [0.25, 0.3) is 5.91 Å². The van der Waals surface area contributed by atoms with Gasteiger partial charge in [0.15, 0.2) is 0 Å². The maximum absolute atomic E-state index is 12.8. The number of sulfonamides is 1. The van der Waals surface area contributed by atoms with Crippen molar-refractivity contribution in [2.45, 2.75) is 30.3 Å². The number of halogens is 3. The van der Waals surface area contributed by atoms with Gasteiger partial charge in [0.05, 0.1) is 15.6 Å². The van der Waals surface area contributed by atoms with E-state index in [1.165, 1.54) is 17.0 Å². The molecule has 9 heteroatoms. The van der Waals surface area contributed by atoms with E-state index < -0.39 is 15.9 Å². The summed E-state index contributed by atoms with van der Waals surface area (Å²) < 4.78 is 27.6. The molecule has 1 fully saturated rings. The summed E-state index contributed by atoms with van der Waals surface area (Å²) in [6, 6.07) is 9.56. The third kappa shape index (κ3) is 4.95. The van der Waals surface area contributed by atoms with E-state index in [-0.39, 0.29) is 26.5 Å². The molecule has 1 aliphatic rings. The summed E-state index contributed by atoms with van der Waals surface area (Å²) in [5, 5.41) is 0.632. The number of hydrogen-bond acceptors (Lipinski definition) is 3. The second-order valence-electron chi connectivity index (χ2n) is 6.45. The Bertz CT molecular complexity index is 991. The van der Waals surface area contributed by atoms with E-state index in [1.807, 2.05) is 6.07 Å². The van der Waals surface area contributed by atoms with Crippen molar-refractivity contribution in [1.82, 2.24) is 9.62 Å². The van der Waals surface area contributed by atoms with Crippen LogP contribution in [0.4, 0.5) is 0 Å². The molecule has 2 aromatic rings. The van der Waals surface area contributed by atoms with Gasteiger partial charge in [-0.05, 0) is 42.7 Å². The van der Waals surface area contributed by atoms with Crippen molar-refractivity contribution in [3.8, 4) is 0 Å². The number of nitrogens with zero attached hydrogens (tertiary/aromatic N) is 1. The zero-order chi connectivity index (χ0) is 19.8. The lowest BCUT2D eigenvalue weighted by Gasteiger charge is -2.19. The largest absolute Gasteiger partial charge is 0.337 e. The van der Waals surface area contributed by atoms with Gasteiger partial charge in [0.2, 0.25) is 10.0 Å². The van der Waals surface area contributed by atoms with Crippen LogP contribution >= 0.6 is 34.8 Å². The molecule has 0 atom stereocenters. The Morgan fingerprint density at radius 2 is 1.85 bits per heavy atom. The van der Waals surface area contributed by atoms with Crippen LogP contribution in [0.1, 0.15) is 28.8 Å². The van der Waals surface area contributed by atoms with Crippen LogP contribution in [0, 0.1) is 0 Å². The van der Waals surface area contributed by atoms with Gasteiger partial charge in [0, 0.05) is 24.7 Å². The predicted molar refractivity (Wildman–Crippen MR) is 107 cm³/mol. The summed E-state index contributed by atoms with van der Waals surface area (Å²) in [4.78, 5) is 14.1. The normalized spacial score (nSPS) is 14.2. The summed E-state index contributed by atoms with van der Waals surface area (Å²) >= 11 is 18.2. The lowest BCUT2D eigenvalue weighted by molar-refractivity contribution is 0.0785. The van der Waals surface area contributed by atoms with Crippen LogP contribution in [0.5, 0.6) is 0 Å². The van der Waals surface area contributed by atoms with Crippen molar-refractivity contribution in [3.05, 3.63) is 62.6 Å². The number of benzene rings is 2. The number of carbonyl (C=O) groups is 1. The zero-order valence-electron chi connectivity index (χ0n) is 14.4. The zero-order valence-corrected chi connectivity index (χ0v) is 17.5. The topological polar surface area (TPSA) is 66.5 Å². The Kier molecular flexibility index (Phi) is 6.03. The van der Waals surface area contributed by atoms with E-state index in [2.05, 4.69) is 4.72 Å². The Balaban J connectivity index is 1.88. The molecule has 0 saturated heterocycles. The molecule has 1 N–H and O–H groups in total. The molecule has 0 aromatic heterocycles. The SMILES string of the molecule is CN(Cc1cccc(Cl)c1)C(=O)c1cc(S(=O)(=O)NC2CC2)c(Cl)cc1Cl. The van der Waals surface area contributed by atoms with Crippen molar-refractivity contribution >= 4 is 50.7 Å². The third-order valence-electron chi connectivity index (χ3n) is 4.10. The van der Waals surface area contributed by atoms with Gasteiger partial charge in [-0.2, -0.15) is 0 Å². The van der Waals surface area contributed by atoms with Gasteiger partial charge in [-0.25, -0.2) is 13.1 Å². The van der Waals surface area contributed by atoms with Crippen LogP contribution in [-0.4, -0.2) is 32.3 Å². The third-order valence-corrected chi connectivity index (χ3v) is 6.63. The molecule has 1 amide bonds. The summed E-state index contributed by atoms with van der Waals surface area (Å²) in [5.74, 6) is -0.417. The molecule has 0 bridgehead atoms. The number of amides is 1. The van der Waals surface area contributed by atoms with Gasteiger partial charge in [-0.1, -0.05) is 46.9 Å². The molecule has 0 unspecified atom stereocenters. The molecule has 3 rings (SSSR count). The number of nitrogens with one attached hydrogen (secondary N) is 1. The van der Waals surface area contributed by atoms with E-state index in [9.17, 15) is 13.2 Å². The molecule has 2 aromatic carbocycles. The summed E-state index contributed by atoms with van der Waals surface area (Å²) in [5.41, 5.74) is 0.911. The Morgan fingerprint density at radius 1 is 1.15 bits per heavy atom. The maximum atomic E-state index is 12.8. The minimum Gasteiger partial charge on any atom is -0.337 e. The fourth-order valence-electron chi connectivity index (χ4n) is 2.57. The standard InChI is InChI=1S/C18H17Cl3N2O3S/c1-23(10-11-3-2-4-12(19)7-11)18(24)14-8-17(16(21)9-15(14)20)27(25,26)22-13-5-6-13/h2-4,7-9,13,22H,5-6,10H2,1H3. The molecule has 144 valence electrons. The molecule has 1 aliphatic carbocycles. The highest BCUT2D eigenvalue weighted by molar-refractivity contribution is 7.89. The van der Waals surface area contributed by atoms with Gasteiger partial charge in [-0.15, -0.1) is 0 Å². The fourth-order valence-corrected chi connectivity index (χ4v) is 4.94. The van der Waals surface area contributed by atoms with Gasteiger partial charge in [0.1, 0.15) is 4.90 Å². The average molecular weight is 448 g/mol. The first-order chi connectivity index (χ1) is 12.7. The van der Waals surface area contributed by atoms with E-state index in [1.54, 1.807) is 25.2 Å². The summed E-state index contributed by atoms with van der Waals surface area (Å²) in [7, 11) is -2.22. The first-order valence-electron chi connectivity index (χ1n) is 8.18. The van der Waals surface area contributed by atoms with Crippen LogP contribution in [0.15, 0.2) is 41.3 Å². The second-order valence-corrected chi connectivity index (χ2v) is 9.38. The van der Waals surface area contributed by atoms with Crippen LogP contribution in [0.2, 0.25) is 15.1 Å². The summed E-state index contributed by atoms with van der Waals surface area (Å²) in [6.45, 7) is 0.292. The highest BCUT2D eigenvalue weighted by Gasteiger charge is 2.30. The van der Waals surface area contributed by atoms with Crippen LogP contribution in [-0.2, 0) is 16.6 Å². The number of hydrogen-bond donors (Lipinski definition) is 1. The van der Waals surface area contributed by atoms with Gasteiger partial charge >= 0.3 is 0 Å². The predicted octanol–water partition coefficient (Wildman–Crippen LogP) is 4.36. The molecule has 0 spiro atoms. The van der Waals surface area contributed by atoms with Crippen LogP contribution < -0.4 is 4.72 Å². The first kappa shape index (κ1) is 20.4. The molecule has 0 heterocycles. The molecule has 1 saturated carbocycles. The molecule has 27 heavy (non-hydrogen) atoms. The van der Waals surface area contributed by atoms with E-state index >= 15 is 0 Å². The fraction of sp³-hybridized carbons (Fsp3) is 0.278. The quantitative estimate of drug-likeness (QED) is 0.715. The van der Waals surface area contributed by atoms with Crippen molar-refractivity contribution in [2.24, 2.45) is 0 Å². The van der Waals surface area contributed by atoms with Crippen molar-refractivity contribution in [1.29, 1.82) is 0 Å². The Morgan fingerprint density at radius 3 is 2.48 bits per heavy atom. The summed E-state index contributed by atoms with van der Waals surface area (Å²) in [6.07, 6.45) is 1.58. The maximum Gasteiger partial charge on any atom is 0.255 e. The van der Waals surface area contributed by atoms with Crippen LogP contribution in [0.3, 0.4) is 0 Å². The number of rotatable bonds is 6. The lowest BCUT2D eigenvalue weighted by Crippen LogP contribution is -2.28. The van der Waals surface area contributed by atoms with Gasteiger partial charge in [-0.3, -0.25) is 4.79 Å². The molecule has 5 nitrogen and oxygen atoms in total. The Hall–Kier alpha value is -1.31. The van der Waals surface area contributed by atoms with E-state index in [0.29, 0.717) is 11.6 Å². The Labute approximate surface area is 173 Å². The smallest absolute Gasteiger partial charge is 0.255 e. The molecular formula is C18H17Cl3N2O3S. The lowest BCUT2D eigenvalue weighted by atomic mass is 10.1. The van der Waals surface area contributed by atoms with Crippen molar-refractivity contribution < 1.29 is 13.2 Å². The second kappa shape index (κ2) is 7.97. The molecular weight excluding hydrogens is 431 g/mol.